The van der Waals surface area contributed by atoms with Crippen LogP contribution in [0.2, 0.25) is 5.02 Å². The van der Waals surface area contributed by atoms with Crippen LogP contribution in [0.3, 0.4) is 0 Å². The lowest BCUT2D eigenvalue weighted by Crippen LogP contribution is -2.14. The zero-order valence-corrected chi connectivity index (χ0v) is 21.8. The quantitative estimate of drug-likeness (QED) is 0.176. The summed E-state index contributed by atoms with van der Waals surface area (Å²) in [6.07, 6.45) is 1.56. The first kappa shape index (κ1) is 23.0. The van der Waals surface area contributed by atoms with E-state index in [0.29, 0.717) is 5.02 Å². The first-order valence-corrected chi connectivity index (χ1v) is 13.8. The number of anilines is 1. The lowest BCUT2D eigenvalue weighted by molar-refractivity contribution is -0.113. The fraction of sp³-hybridized carbons (Fsp3) is 0.107. The van der Waals surface area contributed by atoms with Gasteiger partial charge in [-0.2, -0.15) is 0 Å². The third kappa shape index (κ3) is 4.13. The normalized spacial score (nSPS) is 11.5. The molecule has 0 fully saturated rings. The largest absolute Gasteiger partial charge is 0.341 e. The van der Waals surface area contributed by atoms with Crippen LogP contribution in [0.1, 0.15) is 6.92 Å². The number of benzene rings is 3. The summed E-state index contributed by atoms with van der Waals surface area (Å²) >= 11 is 9.06. The second-order valence-corrected chi connectivity index (χ2v) is 10.6. The Morgan fingerprint density at radius 2 is 1.83 bits per heavy atom. The maximum atomic E-state index is 12.9. The smallest absolute Gasteiger partial charge is 0.234 e. The molecule has 0 spiro atoms. The van der Waals surface area contributed by atoms with Crippen molar-refractivity contribution in [1.29, 1.82) is 0 Å². The molecule has 0 atom stereocenters. The van der Waals surface area contributed by atoms with E-state index < -0.39 is 0 Å². The first-order valence-electron chi connectivity index (χ1n) is 11.5. The van der Waals surface area contributed by atoms with Gasteiger partial charge < -0.3 is 9.88 Å². The number of hydrogen-bond acceptors (Lipinski definition) is 5. The molecule has 3 heterocycles. The van der Waals surface area contributed by atoms with Crippen LogP contribution in [0.15, 0.2) is 83.5 Å². The molecule has 6 aromatic rings. The number of para-hydroxylation sites is 1. The summed E-state index contributed by atoms with van der Waals surface area (Å²) in [5.74, 6) is 0.171. The molecule has 1 amide bonds. The SMILES string of the molecule is CCn1c2ccccc2c2cc(NC(=O)CSc3ncnc4scc(-c5ccc(Cl)cc5)c34)ccc21. The van der Waals surface area contributed by atoms with Crippen molar-refractivity contribution >= 4 is 78.3 Å². The molecule has 3 aromatic heterocycles. The van der Waals surface area contributed by atoms with Crippen LogP contribution >= 0.6 is 34.7 Å². The van der Waals surface area contributed by atoms with Gasteiger partial charge in [0.15, 0.2) is 0 Å². The summed E-state index contributed by atoms with van der Waals surface area (Å²) in [5, 5.41) is 9.93. The van der Waals surface area contributed by atoms with Crippen LogP contribution in [0.25, 0.3) is 43.1 Å². The van der Waals surface area contributed by atoms with E-state index in [2.05, 4.69) is 68.6 Å². The van der Waals surface area contributed by atoms with E-state index in [0.717, 1.165) is 44.0 Å². The van der Waals surface area contributed by atoms with Crippen molar-refractivity contribution in [2.45, 2.75) is 18.5 Å². The third-order valence-electron chi connectivity index (χ3n) is 6.20. The lowest BCUT2D eigenvalue weighted by atomic mass is 10.1. The number of thioether (sulfide) groups is 1. The highest BCUT2D eigenvalue weighted by molar-refractivity contribution is 8.00. The fourth-order valence-corrected chi connectivity index (χ4v) is 6.52. The number of fused-ring (bicyclic) bond motifs is 4. The summed E-state index contributed by atoms with van der Waals surface area (Å²) in [7, 11) is 0. The second kappa shape index (κ2) is 9.58. The van der Waals surface area contributed by atoms with Gasteiger partial charge >= 0.3 is 0 Å². The molecule has 0 saturated carbocycles. The summed E-state index contributed by atoms with van der Waals surface area (Å²) in [5.41, 5.74) is 5.26. The van der Waals surface area contributed by atoms with E-state index in [-0.39, 0.29) is 11.7 Å². The predicted molar refractivity (Wildman–Crippen MR) is 152 cm³/mol. The number of rotatable bonds is 6. The number of halogens is 1. The third-order valence-corrected chi connectivity index (χ3v) is 8.33. The minimum Gasteiger partial charge on any atom is -0.341 e. The highest BCUT2D eigenvalue weighted by Gasteiger charge is 2.16. The molecule has 0 aliphatic carbocycles. The Balaban J connectivity index is 1.24. The first-order chi connectivity index (χ1) is 17.6. The number of aromatic nitrogens is 3. The Labute approximate surface area is 221 Å². The summed E-state index contributed by atoms with van der Waals surface area (Å²) in [6, 6.07) is 22.2. The number of amides is 1. The standard InChI is InChI=1S/C28H21ClN4OS2/c1-2-33-23-6-4-3-5-20(23)21-13-19(11-12-24(21)33)32-25(34)15-36-28-26-22(14-35-27(26)30-16-31-28)17-7-9-18(29)10-8-17/h3-14,16H,2,15H2,1H3,(H,32,34). The van der Waals surface area contributed by atoms with Gasteiger partial charge in [-0.15, -0.1) is 11.3 Å². The summed E-state index contributed by atoms with van der Waals surface area (Å²) in [4.78, 5) is 22.7. The zero-order chi connectivity index (χ0) is 24.6. The molecule has 178 valence electrons. The van der Waals surface area contributed by atoms with E-state index in [4.69, 9.17) is 11.6 Å². The van der Waals surface area contributed by atoms with Crippen molar-refractivity contribution < 1.29 is 4.79 Å². The van der Waals surface area contributed by atoms with Crippen molar-refractivity contribution in [3.63, 3.8) is 0 Å². The number of hydrogen-bond donors (Lipinski definition) is 1. The molecule has 1 N–H and O–H groups in total. The van der Waals surface area contributed by atoms with Crippen LogP contribution in [0.5, 0.6) is 0 Å². The average Bonchev–Trinajstić information content (AvgIpc) is 3.47. The molecule has 3 aromatic carbocycles. The number of nitrogens with one attached hydrogen (secondary N) is 1. The van der Waals surface area contributed by atoms with Gasteiger partial charge in [0.1, 0.15) is 16.2 Å². The molecular weight excluding hydrogens is 508 g/mol. The highest BCUT2D eigenvalue weighted by Crippen LogP contribution is 2.38. The Morgan fingerprint density at radius 3 is 2.67 bits per heavy atom. The van der Waals surface area contributed by atoms with Crippen molar-refractivity contribution in [2.24, 2.45) is 0 Å². The van der Waals surface area contributed by atoms with Gasteiger partial charge in [-0.25, -0.2) is 9.97 Å². The molecule has 0 aliphatic rings. The molecule has 5 nitrogen and oxygen atoms in total. The van der Waals surface area contributed by atoms with Gasteiger partial charge in [0, 0.05) is 50.0 Å². The van der Waals surface area contributed by atoms with Crippen LogP contribution < -0.4 is 5.32 Å². The molecule has 0 bridgehead atoms. The van der Waals surface area contributed by atoms with Crippen LogP contribution in [-0.2, 0) is 11.3 Å². The topological polar surface area (TPSA) is 59.8 Å². The second-order valence-electron chi connectivity index (χ2n) is 8.35. The fourth-order valence-electron chi connectivity index (χ4n) is 4.60. The summed E-state index contributed by atoms with van der Waals surface area (Å²) < 4.78 is 2.30. The monoisotopic (exact) mass is 528 g/mol. The number of carbonyl (C=O) groups is 1. The van der Waals surface area contributed by atoms with Crippen molar-refractivity contribution in [1.82, 2.24) is 14.5 Å². The van der Waals surface area contributed by atoms with Crippen LogP contribution in [-0.4, -0.2) is 26.2 Å². The number of thiophene rings is 1. The maximum Gasteiger partial charge on any atom is 0.234 e. The minimum atomic E-state index is -0.0754. The molecule has 0 saturated heterocycles. The number of nitrogens with zero attached hydrogens (tertiary/aromatic N) is 3. The molecule has 36 heavy (non-hydrogen) atoms. The van der Waals surface area contributed by atoms with E-state index >= 15 is 0 Å². The highest BCUT2D eigenvalue weighted by atomic mass is 35.5. The Hall–Kier alpha value is -3.39. The Kier molecular flexibility index (Phi) is 6.13. The van der Waals surface area contributed by atoms with Crippen molar-refractivity contribution in [3.05, 3.63) is 83.5 Å². The van der Waals surface area contributed by atoms with Gasteiger partial charge in [0.05, 0.1) is 11.1 Å². The molecule has 8 heteroatoms. The van der Waals surface area contributed by atoms with E-state index in [1.807, 2.05) is 30.3 Å². The summed E-state index contributed by atoms with van der Waals surface area (Å²) in [6.45, 7) is 3.04. The molecular formula is C28H21ClN4OS2. The van der Waals surface area contributed by atoms with E-state index in [1.165, 1.54) is 28.2 Å². The molecule has 0 radical (unpaired) electrons. The molecule has 6 rings (SSSR count). The molecule has 0 aliphatic heterocycles. The average molecular weight is 529 g/mol. The number of aryl methyl sites for hydroxylation is 1. The van der Waals surface area contributed by atoms with Gasteiger partial charge in [-0.05, 0) is 48.9 Å². The van der Waals surface area contributed by atoms with Gasteiger partial charge in [-0.1, -0.05) is 53.7 Å². The van der Waals surface area contributed by atoms with Crippen molar-refractivity contribution in [2.75, 3.05) is 11.1 Å². The van der Waals surface area contributed by atoms with E-state index in [1.54, 1.807) is 17.7 Å². The minimum absolute atomic E-state index is 0.0754. The van der Waals surface area contributed by atoms with Gasteiger partial charge in [0.25, 0.3) is 0 Å². The molecule has 0 unspecified atom stereocenters. The Morgan fingerprint density at radius 1 is 1.03 bits per heavy atom. The van der Waals surface area contributed by atoms with Gasteiger partial charge in [0.2, 0.25) is 5.91 Å². The maximum absolute atomic E-state index is 12.9. The predicted octanol–water partition coefficient (Wildman–Crippen LogP) is 7.87. The van der Waals surface area contributed by atoms with Crippen molar-refractivity contribution in [3.8, 4) is 11.1 Å². The van der Waals surface area contributed by atoms with Crippen LogP contribution in [0.4, 0.5) is 5.69 Å². The van der Waals surface area contributed by atoms with E-state index in [9.17, 15) is 4.79 Å². The Bertz CT molecular complexity index is 1740. The van der Waals surface area contributed by atoms with Gasteiger partial charge in [-0.3, -0.25) is 4.79 Å². The zero-order valence-electron chi connectivity index (χ0n) is 19.4. The number of carbonyl (C=O) groups excluding carboxylic acids is 1. The van der Waals surface area contributed by atoms with Crippen LogP contribution in [0, 0.1) is 0 Å². The lowest BCUT2D eigenvalue weighted by Gasteiger charge is -2.08.